The number of ether oxygens (including phenoxy) is 3. The van der Waals surface area contributed by atoms with Gasteiger partial charge in [0.2, 0.25) is 23.5 Å². The van der Waals surface area contributed by atoms with Crippen molar-refractivity contribution in [3.8, 4) is 17.2 Å². The molecule has 1 fully saturated rings. The fourth-order valence-electron chi connectivity index (χ4n) is 2.83. The molecule has 1 atom stereocenters. The van der Waals surface area contributed by atoms with Gasteiger partial charge in [-0.2, -0.15) is 0 Å². The summed E-state index contributed by atoms with van der Waals surface area (Å²) in [6.45, 7) is 1.93. The third kappa shape index (κ3) is 4.25. The second kappa shape index (κ2) is 8.55. The van der Waals surface area contributed by atoms with Crippen molar-refractivity contribution in [2.24, 2.45) is 0 Å². The van der Waals surface area contributed by atoms with Crippen LogP contribution in [0, 0.1) is 0 Å². The van der Waals surface area contributed by atoms with Crippen LogP contribution < -0.4 is 19.5 Å². The monoisotopic (exact) mass is 364 g/mol. The Morgan fingerprint density at radius 2 is 1.62 bits per heavy atom. The van der Waals surface area contributed by atoms with Crippen LogP contribution in [0.4, 0.5) is 0 Å². The number of benzene rings is 1. The zero-order chi connectivity index (χ0) is 19.3. The number of methoxy groups -OCH3 is 3. The summed E-state index contributed by atoms with van der Waals surface area (Å²) in [4.78, 5) is 36.5. The Labute approximate surface area is 152 Å². The third-order valence-corrected chi connectivity index (χ3v) is 4.28. The summed E-state index contributed by atoms with van der Waals surface area (Å²) in [6, 6.07) is 3.21. The minimum absolute atomic E-state index is 0.0618. The summed E-state index contributed by atoms with van der Waals surface area (Å²) in [6.07, 6.45) is 0.511. The van der Waals surface area contributed by atoms with Gasteiger partial charge >= 0.3 is 0 Å². The Morgan fingerprint density at radius 3 is 2.08 bits per heavy atom. The van der Waals surface area contributed by atoms with E-state index in [9.17, 15) is 14.4 Å². The second-order valence-corrected chi connectivity index (χ2v) is 5.94. The Kier molecular flexibility index (Phi) is 6.43. The molecule has 26 heavy (non-hydrogen) atoms. The average Bonchev–Trinajstić information content (AvgIpc) is 2.96. The molecule has 0 bridgehead atoms. The van der Waals surface area contributed by atoms with Crippen molar-refractivity contribution in [2.75, 3.05) is 27.9 Å². The Bertz CT molecular complexity index is 662. The summed E-state index contributed by atoms with van der Waals surface area (Å²) in [5, 5.41) is 2.85. The highest BCUT2D eigenvalue weighted by atomic mass is 16.5. The summed E-state index contributed by atoms with van der Waals surface area (Å²) in [5.74, 6) is 0.774. The molecule has 3 amide bonds. The smallest absolute Gasteiger partial charge is 0.229 e. The molecule has 2 rings (SSSR count). The maximum Gasteiger partial charge on any atom is 0.229 e. The lowest BCUT2D eigenvalue weighted by molar-refractivity contribution is -0.138. The van der Waals surface area contributed by atoms with Crippen molar-refractivity contribution < 1.29 is 28.6 Å². The highest BCUT2D eigenvalue weighted by molar-refractivity contribution is 6.02. The van der Waals surface area contributed by atoms with E-state index in [2.05, 4.69) is 5.32 Å². The number of amides is 3. The van der Waals surface area contributed by atoms with Gasteiger partial charge in [0.05, 0.1) is 27.4 Å². The molecular formula is C18H24N2O6. The van der Waals surface area contributed by atoms with Crippen molar-refractivity contribution in [2.45, 2.75) is 32.2 Å². The first-order valence-electron chi connectivity index (χ1n) is 8.33. The fourth-order valence-corrected chi connectivity index (χ4v) is 2.83. The molecule has 0 aromatic heterocycles. The van der Waals surface area contributed by atoms with Gasteiger partial charge in [-0.05, 0) is 24.6 Å². The van der Waals surface area contributed by atoms with Crippen molar-refractivity contribution in [3.05, 3.63) is 17.7 Å². The van der Waals surface area contributed by atoms with Crippen molar-refractivity contribution in [1.29, 1.82) is 0 Å². The second-order valence-electron chi connectivity index (χ2n) is 5.94. The zero-order valence-electron chi connectivity index (χ0n) is 15.5. The SMILES string of the molecule is COc1cc(C(C)NC(=O)CCN2C(=O)CCC2=O)cc(OC)c1OC. The molecule has 8 heteroatoms. The first kappa shape index (κ1) is 19.6. The summed E-state index contributed by atoms with van der Waals surface area (Å²) in [7, 11) is 4.56. The molecule has 8 nitrogen and oxygen atoms in total. The third-order valence-electron chi connectivity index (χ3n) is 4.28. The van der Waals surface area contributed by atoms with E-state index < -0.39 is 0 Å². The molecule has 1 saturated heterocycles. The lowest BCUT2D eigenvalue weighted by Gasteiger charge is -2.19. The molecule has 1 aliphatic heterocycles. The van der Waals surface area contributed by atoms with Gasteiger partial charge in [-0.15, -0.1) is 0 Å². The topological polar surface area (TPSA) is 94.2 Å². The number of likely N-dealkylation sites (tertiary alicyclic amines) is 1. The molecule has 142 valence electrons. The average molecular weight is 364 g/mol. The van der Waals surface area contributed by atoms with Gasteiger partial charge in [0.25, 0.3) is 0 Å². The zero-order valence-corrected chi connectivity index (χ0v) is 15.5. The van der Waals surface area contributed by atoms with Crippen molar-refractivity contribution in [3.63, 3.8) is 0 Å². The van der Waals surface area contributed by atoms with Crippen LogP contribution in [-0.4, -0.2) is 50.5 Å². The number of hydrogen-bond donors (Lipinski definition) is 1. The fraction of sp³-hybridized carbons (Fsp3) is 0.500. The van der Waals surface area contributed by atoms with Gasteiger partial charge in [-0.25, -0.2) is 0 Å². The lowest BCUT2D eigenvalue weighted by Crippen LogP contribution is -2.34. The predicted octanol–water partition coefficient (Wildman–Crippen LogP) is 1.43. The highest BCUT2D eigenvalue weighted by Gasteiger charge is 2.29. The maximum atomic E-state index is 12.2. The van der Waals surface area contributed by atoms with Crippen LogP contribution in [0.3, 0.4) is 0 Å². The molecule has 1 heterocycles. The first-order valence-corrected chi connectivity index (χ1v) is 8.33. The molecular weight excluding hydrogens is 340 g/mol. The van der Waals surface area contributed by atoms with Gasteiger partial charge in [0.1, 0.15) is 0 Å². The molecule has 0 spiro atoms. The molecule has 1 aliphatic rings. The van der Waals surface area contributed by atoms with E-state index in [-0.39, 0.29) is 49.6 Å². The number of imide groups is 1. The Morgan fingerprint density at radius 1 is 1.08 bits per heavy atom. The van der Waals surface area contributed by atoms with E-state index in [4.69, 9.17) is 14.2 Å². The standard InChI is InChI=1S/C18H24N2O6/c1-11(12-9-13(24-2)18(26-4)14(10-12)25-3)19-15(21)7-8-20-16(22)5-6-17(20)23/h9-11H,5-8H2,1-4H3,(H,19,21). The van der Waals surface area contributed by atoms with Gasteiger partial charge in [-0.3, -0.25) is 19.3 Å². The summed E-state index contributed by atoms with van der Waals surface area (Å²) < 4.78 is 15.9. The van der Waals surface area contributed by atoms with Gasteiger partial charge in [0.15, 0.2) is 11.5 Å². The van der Waals surface area contributed by atoms with E-state index in [0.29, 0.717) is 17.2 Å². The normalized spacial score (nSPS) is 15.0. The number of hydrogen-bond acceptors (Lipinski definition) is 6. The minimum atomic E-state index is -0.318. The van der Waals surface area contributed by atoms with Gasteiger partial charge in [0, 0.05) is 25.8 Å². The van der Waals surface area contributed by atoms with Crippen molar-refractivity contribution in [1.82, 2.24) is 10.2 Å². The summed E-state index contributed by atoms with van der Waals surface area (Å²) >= 11 is 0. The highest BCUT2D eigenvalue weighted by Crippen LogP contribution is 2.39. The van der Waals surface area contributed by atoms with E-state index >= 15 is 0 Å². The van der Waals surface area contributed by atoms with E-state index in [1.165, 1.54) is 21.3 Å². The number of nitrogens with zero attached hydrogens (tertiary/aromatic N) is 1. The maximum absolute atomic E-state index is 12.2. The summed E-state index contributed by atoms with van der Waals surface area (Å²) in [5.41, 5.74) is 0.779. The number of carbonyl (C=O) groups excluding carboxylic acids is 3. The minimum Gasteiger partial charge on any atom is -0.493 e. The molecule has 1 N–H and O–H groups in total. The van der Waals surface area contributed by atoms with Gasteiger partial charge < -0.3 is 19.5 Å². The van der Waals surface area contributed by atoms with Crippen LogP contribution >= 0.6 is 0 Å². The molecule has 1 unspecified atom stereocenters. The van der Waals surface area contributed by atoms with Crippen LogP contribution in [0.25, 0.3) is 0 Å². The van der Waals surface area contributed by atoms with E-state index in [1.54, 1.807) is 12.1 Å². The number of carbonyl (C=O) groups is 3. The van der Waals surface area contributed by atoms with E-state index in [0.717, 1.165) is 10.5 Å². The molecule has 0 radical (unpaired) electrons. The van der Waals surface area contributed by atoms with Crippen molar-refractivity contribution >= 4 is 17.7 Å². The Balaban J connectivity index is 2.02. The van der Waals surface area contributed by atoms with Crippen LogP contribution in [0.2, 0.25) is 0 Å². The largest absolute Gasteiger partial charge is 0.493 e. The molecule has 0 aliphatic carbocycles. The van der Waals surface area contributed by atoms with Crippen LogP contribution in [0.1, 0.15) is 37.8 Å². The molecule has 1 aromatic rings. The van der Waals surface area contributed by atoms with Crippen LogP contribution in [0.5, 0.6) is 17.2 Å². The predicted molar refractivity (Wildman–Crippen MR) is 93.2 cm³/mol. The Hall–Kier alpha value is -2.77. The number of rotatable bonds is 8. The lowest BCUT2D eigenvalue weighted by atomic mass is 10.1. The van der Waals surface area contributed by atoms with E-state index in [1.807, 2.05) is 6.92 Å². The van der Waals surface area contributed by atoms with Gasteiger partial charge in [-0.1, -0.05) is 0 Å². The molecule has 1 aromatic carbocycles. The molecule has 0 saturated carbocycles. The quantitative estimate of drug-likeness (QED) is 0.701. The first-order chi connectivity index (χ1) is 12.4. The van der Waals surface area contributed by atoms with Crippen LogP contribution in [0.15, 0.2) is 12.1 Å². The van der Waals surface area contributed by atoms with Crippen LogP contribution in [-0.2, 0) is 14.4 Å². The number of nitrogens with one attached hydrogen (secondary N) is 1.